The molecule has 0 saturated carbocycles. The molecule has 1 amide bonds. The van der Waals surface area contributed by atoms with Crippen molar-refractivity contribution < 1.29 is 4.79 Å². The molecule has 0 heterocycles. The molecule has 2 rings (SSSR count). The number of para-hydroxylation sites is 1. The van der Waals surface area contributed by atoms with Gasteiger partial charge in [0.15, 0.2) is 0 Å². The lowest BCUT2D eigenvalue weighted by molar-refractivity contribution is -0.121. The highest BCUT2D eigenvalue weighted by Crippen LogP contribution is 2.14. The average molecular weight is 316 g/mol. The van der Waals surface area contributed by atoms with Crippen LogP contribution in [-0.4, -0.2) is 18.2 Å². The van der Waals surface area contributed by atoms with Crippen LogP contribution in [0, 0.1) is 6.92 Å². The maximum absolute atomic E-state index is 12.0. The minimum absolute atomic E-state index is 0.216. The Kier molecular flexibility index (Phi) is 5.55. The van der Waals surface area contributed by atoms with Crippen LogP contribution in [0.4, 0.5) is 5.69 Å². The first-order valence-corrected chi connectivity index (χ1v) is 7.35. The maximum atomic E-state index is 12.0. The summed E-state index contributed by atoms with van der Waals surface area (Å²) in [6.45, 7) is 3.77. The van der Waals surface area contributed by atoms with Gasteiger partial charge < -0.3 is 5.32 Å². The topological polar surface area (TPSA) is 53.5 Å². The lowest BCUT2D eigenvalue weighted by Gasteiger charge is -2.15. The summed E-state index contributed by atoms with van der Waals surface area (Å²) in [4.78, 5) is 12.0. The molecule has 0 saturated heterocycles. The van der Waals surface area contributed by atoms with Gasteiger partial charge in [0, 0.05) is 16.3 Å². The Morgan fingerprint density at radius 2 is 1.86 bits per heavy atom. The third kappa shape index (κ3) is 4.33. The van der Waals surface area contributed by atoms with Crippen molar-refractivity contribution in [1.82, 2.24) is 5.43 Å². The Morgan fingerprint density at radius 3 is 2.59 bits per heavy atom. The summed E-state index contributed by atoms with van der Waals surface area (Å²) in [6, 6.07) is 14.7. The van der Waals surface area contributed by atoms with Crippen LogP contribution in [0.15, 0.2) is 53.6 Å². The van der Waals surface area contributed by atoms with Crippen LogP contribution in [-0.2, 0) is 4.79 Å². The van der Waals surface area contributed by atoms with Gasteiger partial charge in [-0.2, -0.15) is 5.10 Å². The smallest absolute Gasteiger partial charge is 0.262 e. The first kappa shape index (κ1) is 16.0. The van der Waals surface area contributed by atoms with Crippen LogP contribution in [0.3, 0.4) is 0 Å². The van der Waals surface area contributed by atoms with Crippen LogP contribution in [0.5, 0.6) is 0 Å². The number of hydrogen-bond donors (Lipinski definition) is 2. The normalized spacial score (nSPS) is 12.1. The van der Waals surface area contributed by atoms with Crippen molar-refractivity contribution >= 4 is 29.4 Å². The number of nitrogens with one attached hydrogen (secondary N) is 2. The molecule has 22 heavy (non-hydrogen) atoms. The largest absolute Gasteiger partial charge is 0.374 e. The van der Waals surface area contributed by atoms with Crippen molar-refractivity contribution in [3.63, 3.8) is 0 Å². The van der Waals surface area contributed by atoms with E-state index in [4.69, 9.17) is 11.6 Å². The van der Waals surface area contributed by atoms with Crippen molar-refractivity contribution in [2.24, 2.45) is 5.10 Å². The monoisotopic (exact) mass is 315 g/mol. The zero-order chi connectivity index (χ0) is 15.9. The van der Waals surface area contributed by atoms with Gasteiger partial charge in [0.25, 0.3) is 5.91 Å². The standard InChI is InChI=1S/C17H18ClN3O/c1-12-7-3-6-10-16(12)20-13(2)17(22)21-19-11-14-8-4-5-9-15(14)18/h3-11,13,20H,1-2H3,(H,21,22)/b19-11-/t13-/m0/s1. The number of carbonyl (C=O) groups is 1. The van der Waals surface area contributed by atoms with Gasteiger partial charge >= 0.3 is 0 Å². The summed E-state index contributed by atoms with van der Waals surface area (Å²) < 4.78 is 0. The summed E-state index contributed by atoms with van der Waals surface area (Å²) in [5.41, 5.74) is 5.28. The summed E-state index contributed by atoms with van der Waals surface area (Å²) in [7, 11) is 0. The van der Waals surface area contributed by atoms with Crippen molar-refractivity contribution in [3.8, 4) is 0 Å². The highest BCUT2D eigenvalue weighted by atomic mass is 35.5. The molecule has 0 radical (unpaired) electrons. The number of benzene rings is 2. The molecule has 0 aliphatic carbocycles. The van der Waals surface area contributed by atoms with Crippen LogP contribution >= 0.6 is 11.6 Å². The van der Waals surface area contributed by atoms with Crippen molar-refractivity contribution in [2.45, 2.75) is 19.9 Å². The first-order valence-electron chi connectivity index (χ1n) is 6.97. The molecule has 0 aromatic heterocycles. The van der Waals surface area contributed by atoms with Crippen LogP contribution in [0.25, 0.3) is 0 Å². The number of aryl methyl sites for hydroxylation is 1. The third-order valence-electron chi connectivity index (χ3n) is 3.19. The van der Waals surface area contributed by atoms with E-state index in [2.05, 4.69) is 15.8 Å². The van der Waals surface area contributed by atoms with E-state index in [0.717, 1.165) is 16.8 Å². The molecule has 1 atom stereocenters. The molecule has 5 heteroatoms. The number of carbonyl (C=O) groups excluding carboxylic acids is 1. The van der Waals surface area contributed by atoms with E-state index in [0.29, 0.717) is 5.02 Å². The number of hydrazone groups is 1. The highest BCUT2D eigenvalue weighted by molar-refractivity contribution is 6.33. The van der Waals surface area contributed by atoms with Crippen molar-refractivity contribution in [3.05, 3.63) is 64.7 Å². The Hall–Kier alpha value is -2.33. The SMILES string of the molecule is Cc1ccccc1N[C@@H](C)C(=O)N/N=C\c1ccccc1Cl. The minimum atomic E-state index is -0.399. The van der Waals surface area contributed by atoms with Crippen LogP contribution in [0.2, 0.25) is 5.02 Å². The number of hydrogen-bond acceptors (Lipinski definition) is 3. The predicted molar refractivity (Wildman–Crippen MR) is 91.5 cm³/mol. The van der Waals surface area contributed by atoms with Gasteiger partial charge in [-0.05, 0) is 31.5 Å². The van der Waals surface area contributed by atoms with Gasteiger partial charge in [-0.3, -0.25) is 4.79 Å². The second-order valence-electron chi connectivity index (χ2n) is 4.94. The van der Waals surface area contributed by atoms with Crippen LogP contribution < -0.4 is 10.7 Å². The van der Waals surface area contributed by atoms with E-state index in [1.165, 1.54) is 6.21 Å². The summed E-state index contributed by atoms with van der Waals surface area (Å²) in [5.74, 6) is -0.216. The van der Waals surface area contributed by atoms with E-state index in [1.807, 2.05) is 49.4 Å². The quantitative estimate of drug-likeness (QED) is 0.654. The van der Waals surface area contributed by atoms with E-state index < -0.39 is 6.04 Å². The first-order chi connectivity index (χ1) is 10.6. The number of amides is 1. The van der Waals surface area contributed by atoms with Gasteiger partial charge in [-0.25, -0.2) is 5.43 Å². The molecule has 2 N–H and O–H groups in total. The Morgan fingerprint density at radius 1 is 1.18 bits per heavy atom. The van der Waals surface area contributed by atoms with E-state index >= 15 is 0 Å². The number of rotatable bonds is 5. The van der Waals surface area contributed by atoms with E-state index in [1.54, 1.807) is 13.0 Å². The molecular weight excluding hydrogens is 298 g/mol. The maximum Gasteiger partial charge on any atom is 0.262 e. The molecule has 2 aromatic carbocycles. The Bertz CT molecular complexity index is 685. The van der Waals surface area contributed by atoms with Crippen molar-refractivity contribution in [1.29, 1.82) is 0 Å². The zero-order valence-corrected chi connectivity index (χ0v) is 13.3. The van der Waals surface area contributed by atoms with Crippen LogP contribution in [0.1, 0.15) is 18.1 Å². The summed E-state index contributed by atoms with van der Waals surface area (Å²) in [5, 5.41) is 7.69. The van der Waals surface area contributed by atoms with Gasteiger partial charge in [0.2, 0.25) is 0 Å². The zero-order valence-electron chi connectivity index (χ0n) is 12.5. The van der Waals surface area contributed by atoms with E-state index in [-0.39, 0.29) is 5.91 Å². The molecule has 2 aromatic rings. The molecule has 0 fully saturated rings. The fourth-order valence-electron chi connectivity index (χ4n) is 1.88. The van der Waals surface area contributed by atoms with Crippen molar-refractivity contribution in [2.75, 3.05) is 5.32 Å². The molecule has 0 unspecified atom stereocenters. The Balaban J connectivity index is 1.92. The molecule has 0 bridgehead atoms. The lowest BCUT2D eigenvalue weighted by Crippen LogP contribution is -2.35. The number of anilines is 1. The second kappa shape index (κ2) is 7.61. The van der Waals surface area contributed by atoms with Gasteiger partial charge in [0.1, 0.15) is 6.04 Å². The number of nitrogens with zero attached hydrogens (tertiary/aromatic N) is 1. The molecule has 0 aliphatic rings. The molecule has 114 valence electrons. The average Bonchev–Trinajstić information content (AvgIpc) is 2.51. The Labute approximate surface area is 135 Å². The second-order valence-corrected chi connectivity index (χ2v) is 5.34. The highest BCUT2D eigenvalue weighted by Gasteiger charge is 2.12. The molecule has 4 nitrogen and oxygen atoms in total. The predicted octanol–water partition coefficient (Wildman–Crippen LogP) is 3.60. The molecule has 0 aliphatic heterocycles. The fraction of sp³-hybridized carbons (Fsp3) is 0.176. The lowest BCUT2D eigenvalue weighted by atomic mass is 10.2. The molecule has 0 spiro atoms. The van der Waals surface area contributed by atoms with Gasteiger partial charge in [-0.15, -0.1) is 0 Å². The van der Waals surface area contributed by atoms with Gasteiger partial charge in [0.05, 0.1) is 6.21 Å². The molecular formula is C17H18ClN3O. The number of halogens is 1. The van der Waals surface area contributed by atoms with Gasteiger partial charge in [-0.1, -0.05) is 48.0 Å². The minimum Gasteiger partial charge on any atom is -0.374 e. The van der Waals surface area contributed by atoms with E-state index in [9.17, 15) is 4.79 Å². The summed E-state index contributed by atoms with van der Waals surface area (Å²) >= 11 is 6.01. The summed E-state index contributed by atoms with van der Waals surface area (Å²) in [6.07, 6.45) is 1.53. The third-order valence-corrected chi connectivity index (χ3v) is 3.54. The fourth-order valence-corrected chi connectivity index (χ4v) is 2.06.